The zero-order valence-electron chi connectivity index (χ0n) is 5.93. The van der Waals surface area contributed by atoms with E-state index in [2.05, 4.69) is 32.4 Å². The molecular formula is C6H11IO3. The number of alkyl halides is 1. The van der Waals surface area contributed by atoms with Gasteiger partial charge in [0, 0.05) is 6.92 Å². The fourth-order valence-electron chi connectivity index (χ4n) is 0.380. The third-order valence-corrected chi connectivity index (χ3v) is 1.55. The lowest BCUT2D eigenvalue weighted by Gasteiger charge is -1.98. The number of unbranched alkanes of at least 4 members (excludes halogenated alkanes) is 1. The molecule has 10 heavy (non-hydrogen) atoms. The van der Waals surface area contributed by atoms with E-state index in [1.165, 1.54) is 6.92 Å². The number of carbonyl (C=O) groups excluding carboxylic acids is 1. The maximum absolute atomic E-state index is 10.1. The van der Waals surface area contributed by atoms with Crippen molar-refractivity contribution in [1.82, 2.24) is 0 Å². The average molecular weight is 258 g/mol. The molecule has 0 aliphatic rings. The van der Waals surface area contributed by atoms with E-state index in [0.717, 1.165) is 17.3 Å². The first-order chi connectivity index (χ1) is 4.77. The summed E-state index contributed by atoms with van der Waals surface area (Å²) in [5.74, 6) is -0.394. The smallest absolute Gasteiger partial charge is 0.299 e. The molecule has 0 unspecified atom stereocenters. The van der Waals surface area contributed by atoms with Crippen molar-refractivity contribution >= 4 is 28.6 Å². The molecule has 0 fully saturated rings. The average Bonchev–Trinajstić information content (AvgIpc) is 1.87. The van der Waals surface area contributed by atoms with Gasteiger partial charge in [-0.05, 0) is 17.3 Å². The first-order valence-electron chi connectivity index (χ1n) is 3.13. The second-order valence-corrected chi connectivity index (χ2v) is 2.87. The van der Waals surface area contributed by atoms with E-state index >= 15 is 0 Å². The second kappa shape index (κ2) is 7.27. The van der Waals surface area contributed by atoms with Crippen molar-refractivity contribution in [3.63, 3.8) is 0 Å². The summed E-state index contributed by atoms with van der Waals surface area (Å²) >= 11 is 2.29. The van der Waals surface area contributed by atoms with E-state index < -0.39 is 5.97 Å². The monoisotopic (exact) mass is 258 g/mol. The standard InChI is InChI=1S/C6H11IO3/c1-6(8)10-9-5-3-2-4-7/h2-5H2,1H3. The highest BCUT2D eigenvalue weighted by Crippen LogP contribution is 1.94. The Labute approximate surface area is 74.1 Å². The van der Waals surface area contributed by atoms with Crippen molar-refractivity contribution < 1.29 is 14.6 Å². The van der Waals surface area contributed by atoms with E-state index in [0.29, 0.717) is 6.61 Å². The lowest BCUT2D eigenvalue weighted by molar-refractivity contribution is -0.270. The van der Waals surface area contributed by atoms with Gasteiger partial charge >= 0.3 is 5.97 Å². The summed E-state index contributed by atoms with van der Waals surface area (Å²) in [4.78, 5) is 18.9. The summed E-state index contributed by atoms with van der Waals surface area (Å²) in [5, 5.41) is 0. The van der Waals surface area contributed by atoms with Crippen molar-refractivity contribution in [2.45, 2.75) is 19.8 Å². The zero-order valence-corrected chi connectivity index (χ0v) is 8.09. The van der Waals surface area contributed by atoms with Gasteiger partial charge in [-0.3, -0.25) is 4.89 Å². The molecule has 0 amide bonds. The van der Waals surface area contributed by atoms with E-state index in [-0.39, 0.29) is 0 Å². The molecule has 0 heterocycles. The van der Waals surface area contributed by atoms with Crippen molar-refractivity contribution in [2.24, 2.45) is 0 Å². The molecule has 60 valence electrons. The maximum Gasteiger partial charge on any atom is 0.339 e. The quantitative estimate of drug-likeness (QED) is 0.247. The molecule has 0 saturated carbocycles. The van der Waals surface area contributed by atoms with Crippen LogP contribution in [0.4, 0.5) is 0 Å². The molecule has 0 N–H and O–H groups in total. The second-order valence-electron chi connectivity index (χ2n) is 1.79. The van der Waals surface area contributed by atoms with Crippen molar-refractivity contribution in [2.75, 3.05) is 11.0 Å². The predicted molar refractivity (Wildman–Crippen MR) is 45.8 cm³/mol. The van der Waals surface area contributed by atoms with Crippen LogP contribution in [-0.4, -0.2) is 17.0 Å². The molecule has 0 atom stereocenters. The molecular weight excluding hydrogens is 247 g/mol. The molecule has 0 radical (unpaired) electrons. The van der Waals surface area contributed by atoms with Gasteiger partial charge in [-0.2, -0.15) is 4.89 Å². The minimum atomic E-state index is -0.394. The molecule has 0 spiro atoms. The molecule has 4 heteroatoms. The topological polar surface area (TPSA) is 35.5 Å². The largest absolute Gasteiger partial charge is 0.339 e. The number of hydrogen-bond donors (Lipinski definition) is 0. The number of rotatable bonds is 5. The van der Waals surface area contributed by atoms with Crippen LogP contribution >= 0.6 is 22.6 Å². The summed E-state index contributed by atoms with van der Waals surface area (Å²) in [7, 11) is 0. The first-order valence-corrected chi connectivity index (χ1v) is 4.66. The Morgan fingerprint density at radius 1 is 1.50 bits per heavy atom. The SMILES string of the molecule is CC(=O)OOCCCCI. The molecule has 0 bridgehead atoms. The van der Waals surface area contributed by atoms with Crippen LogP contribution in [0.5, 0.6) is 0 Å². The lowest BCUT2D eigenvalue weighted by atomic mass is 10.4. The molecule has 0 aliphatic carbocycles. The van der Waals surface area contributed by atoms with Gasteiger partial charge in [0.15, 0.2) is 0 Å². The summed E-state index contributed by atoms with van der Waals surface area (Å²) in [5.41, 5.74) is 0. The van der Waals surface area contributed by atoms with Crippen LogP contribution in [0.2, 0.25) is 0 Å². The van der Waals surface area contributed by atoms with Crippen LogP contribution in [0.1, 0.15) is 19.8 Å². The van der Waals surface area contributed by atoms with Crippen molar-refractivity contribution in [1.29, 1.82) is 0 Å². The van der Waals surface area contributed by atoms with Gasteiger partial charge in [-0.1, -0.05) is 22.6 Å². The Balaban J connectivity index is 2.84. The molecule has 0 aliphatic heterocycles. The summed E-state index contributed by atoms with van der Waals surface area (Å²) < 4.78 is 1.11. The fraction of sp³-hybridized carbons (Fsp3) is 0.833. The molecule has 0 saturated heterocycles. The molecule has 0 aromatic rings. The van der Waals surface area contributed by atoms with Crippen LogP contribution in [0.3, 0.4) is 0 Å². The third-order valence-electron chi connectivity index (χ3n) is 0.788. The molecule has 0 aromatic heterocycles. The summed E-state index contributed by atoms with van der Waals surface area (Å²) in [6.45, 7) is 1.82. The van der Waals surface area contributed by atoms with E-state index in [1.54, 1.807) is 0 Å². The number of halogens is 1. The van der Waals surface area contributed by atoms with Gasteiger partial charge < -0.3 is 0 Å². The Bertz CT molecular complexity index is 95.0. The van der Waals surface area contributed by atoms with Gasteiger partial charge in [0.05, 0.1) is 6.61 Å². The predicted octanol–water partition coefficient (Wildman–Crippen LogP) is 1.70. The zero-order chi connectivity index (χ0) is 7.82. The normalized spacial score (nSPS) is 9.40. The van der Waals surface area contributed by atoms with E-state index in [1.807, 2.05) is 0 Å². The van der Waals surface area contributed by atoms with Gasteiger partial charge in [0.2, 0.25) is 0 Å². The van der Waals surface area contributed by atoms with Crippen LogP contribution in [0.25, 0.3) is 0 Å². The minimum absolute atomic E-state index is 0.394. The number of hydrogen-bond acceptors (Lipinski definition) is 3. The highest BCUT2D eigenvalue weighted by molar-refractivity contribution is 14.1. The van der Waals surface area contributed by atoms with Crippen molar-refractivity contribution in [3.05, 3.63) is 0 Å². The van der Waals surface area contributed by atoms with Gasteiger partial charge in [-0.25, -0.2) is 4.79 Å². The Morgan fingerprint density at radius 3 is 2.70 bits per heavy atom. The highest BCUT2D eigenvalue weighted by atomic mass is 127. The third kappa shape index (κ3) is 8.16. The fourth-order valence-corrected chi connectivity index (χ4v) is 0.920. The Morgan fingerprint density at radius 2 is 2.20 bits per heavy atom. The summed E-state index contributed by atoms with van der Waals surface area (Å²) in [6.07, 6.45) is 2.04. The molecule has 0 rings (SSSR count). The number of carbonyl (C=O) groups is 1. The Hall–Kier alpha value is 0.160. The highest BCUT2D eigenvalue weighted by Gasteiger charge is 1.92. The minimum Gasteiger partial charge on any atom is -0.299 e. The van der Waals surface area contributed by atoms with Gasteiger partial charge in [-0.15, -0.1) is 0 Å². The van der Waals surface area contributed by atoms with Crippen molar-refractivity contribution in [3.8, 4) is 0 Å². The van der Waals surface area contributed by atoms with Crippen LogP contribution in [0, 0.1) is 0 Å². The van der Waals surface area contributed by atoms with E-state index in [4.69, 9.17) is 0 Å². The van der Waals surface area contributed by atoms with Gasteiger partial charge in [0.25, 0.3) is 0 Å². The Kier molecular flexibility index (Phi) is 7.39. The molecule has 0 aromatic carbocycles. The summed E-state index contributed by atoms with van der Waals surface area (Å²) in [6, 6.07) is 0. The van der Waals surface area contributed by atoms with E-state index in [9.17, 15) is 4.79 Å². The first kappa shape index (κ1) is 10.2. The van der Waals surface area contributed by atoms with Crippen LogP contribution in [-0.2, 0) is 14.6 Å². The van der Waals surface area contributed by atoms with Crippen LogP contribution < -0.4 is 0 Å². The van der Waals surface area contributed by atoms with Crippen LogP contribution in [0.15, 0.2) is 0 Å². The molecule has 3 nitrogen and oxygen atoms in total. The maximum atomic E-state index is 10.1. The lowest BCUT2D eigenvalue weighted by Crippen LogP contribution is -2.01. The van der Waals surface area contributed by atoms with Gasteiger partial charge in [0.1, 0.15) is 0 Å².